The van der Waals surface area contributed by atoms with Crippen LogP contribution in [0.5, 0.6) is 0 Å². The first kappa shape index (κ1) is 18.0. The molecular weight excluding hydrogens is 340 g/mol. The van der Waals surface area contributed by atoms with Gasteiger partial charge in [-0.3, -0.25) is 14.9 Å². The molecule has 138 valence electrons. The number of non-ortho nitro benzene ring substituents is 1. The van der Waals surface area contributed by atoms with Gasteiger partial charge in [-0.05, 0) is 31.0 Å². The number of rotatable bonds is 5. The number of nitro benzene ring substituents is 1. The highest BCUT2D eigenvalue weighted by Gasteiger charge is 2.35. The predicted molar refractivity (Wildman–Crippen MR) is 92.0 cm³/mol. The maximum atomic E-state index is 12.6. The Morgan fingerprint density at radius 3 is 2.31 bits per heavy atom. The molecule has 1 aromatic heterocycles. The van der Waals surface area contributed by atoms with Crippen LogP contribution in [-0.4, -0.2) is 62.0 Å². The molecule has 9 heteroatoms. The van der Waals surface area contributed by atoms with Crippen molar-refractivity contribution in [1.82, 2.24) is 14.7 Å². The molecule has 1 aliphatic rings. The smallest absolute Gasteiger partial charge is 0.274 e. The molecule has 0 atom stereocenters. The SMILES string of the molecule is O=C(c1ccn(-c2ccc([N+](=O)[O-])cc2)n1)N1CCC(CO)(CO)CC1. The average molecular weight is 360 g/mol. The van der Waals surface area contributed by atoms with Crippen molar-refractivity contribution in [2.75, 3.05) is 26.3 Å². The standard InChI is InChI=1S/C17H20N4O5/c22-11-17(12-23)6-9-19(10-7-17)16(24)15-5-8-20(18-15)13-1-3-14(4-2-13)21(25)26/h1-5,8,22-23H,6-7,9-12H2. The van der Waals surface area contributed by atoms with E-state index in [0.717, 1.165) is 0 Å². The van der Waals surface area contributed by atoms with Gasteiger partial charge in [-0.2, -0.15) is 5.10 Å². The summed E-state index contributed by atoms with van der Waals surface area (Å²) in [4.78, 5) is 24.5. The number of hydrogen-bond acceptors (Lipinski definition) is 6. The first-order chi connectivity index (χ1) is 12.5. The molecule has 0 spiro atoms. The Balaban J connectivity index is 1.70. The van der Waals surface area contributed by atoms with Gasteiger partial charge < -0.3 is 15.1 Å². The Bertz CT molecular complexity index is 788. The minimum absolute atomic E-state index is 0.0122. The summed E-state index contributed by atoms with van der Waals surface area (Å²) in [7, 11) is 0. The molecule has 2 heterocycles. The topological polar surface area (TPSA) is 122 Å². The van der Waals surface area contributed by atoms with Gasteiger partial charge in [0.1, 0.15) is 0 Å². The maximum absolute atomic E-state index is 12.6. The number of carbonyl (C=O) groups is 1. The van der Waals surface area contributed by atoms with Crippen molar-refractivity contribution in [3.8, 4) is 5.69 Å². The summed E-state index contributed by atoms with van der Waals surface area (Å²) in [5.74, 6) is -0.213. The molecule has 2 aromatic rings. The van der Waals surface area contributed by atoms with Crippen molar-refractivity contribution in [2.45, 2.75) is 12.8 Å². The van der Waals surface area contributed by atoms with Crippen LogP contribution in [0, 0.1) is 15.5 Å². The summed E-state index contributed by atoms with van der Waals surface area (Å²) >= 11 is 0. The number of nitro groups is 1. The van der Waals surface area contributed by atoms with Crippen molar-refractivity contribution in [3.63, 3.8) is 0 Å². The van der Waals surface area contributed by atoms with E-state index in [0.29, 0.717) is 31.6 Å². The number of piperidine rings is 1. The highest BCUT2D eigenvalue weighted by molar-refractivity contribution is 5.92. The van der Waals surface area contributed by atoms with Crippen LogP contribution in [0.3, 0.4) is 0 Å². The molecule has 1 amide bonds. The summed E-state index contributed by atoms with van der Waals surface area (Å²) in [5.41, 5.74) is 0.369. The summed E-state index contributed by atoms with van der Waals surface area (Å²) in [5, 5.41) is 33.9. The molecule has 3 rings (SSSR count). The Hall–Kier alpha value is -2.78. The monoisotopic (exact) mass is 360 g/mol. The number of aliphatic hydroxyl groups is 2. The zero-order valence-electron chi connectivity index (χ0n) is 14.1. The maximum Gasteiger partial charge on any atom is 0.274 e. The van der Waals surface area contributed by atoms with E-state index in [-0.39, 0.29) is 30.5 Å². The van der Waals surface area contributed by atoms with Crippen molar-refractivity contribution in [2.24, 2.45) is 5.41 Å². The second-order valence-corrected chi connectivity index (χ2v) is 6.53. The number of carbonyl (C=O) groups excluding carboxylic acids is 1. The number of benzene rings is 1. The van der Waals surface area contributed by atoms with Gasteiger partial charge in [0, 0.05) is 36.8 Å². The summed E-state index contributed by atoms with van der Waals surface area (Å²) in [6.07, 6.45) is 2.70. The van der Waals surface area contributed by atoms with Crippen LogP contribution in [0.2, 0.25) is 0 Å². The lowest BCUT2D eigenvalue weighted by Gasteiger charge is -2.39. The summed E-state index contributed by atoms with van der Waals surface area (Å²) < 4.78 is 1.49. The van der Waals surface area contributed by atoms with Crippen LogP contribution in [0.1, 0.15) is 23.3 Å². The van der Waals surface area contributed by atoms with Gasteiger partial charge in [-0.1, -0.05) is 0 Å². The van der Waals surface area contributed by atoms with E-state index >= 15 is 0 Å². The van der Waals surface area contributed by atoms with Gasteiger partial charge in [-0.15, -0.1) is 0 Å². The van der Waals surface area contributed by atoms with Crippen molar-refractivity contribution < 1.29 is 19.9 Å². The number of amides is 1. The minimum Gasteiger partial charge on any atom is -0.396 e. The van der Waals surface area contributed by atoms with Crippen molar-refractivity contribution in [3.05, 3.63) is 52.3 Å². The molecule has 1 aliphatic heterocycles. The zero-order chi connectivity index (χ0) is 18.7. The summed E-state index contributed by atoms with van der Waals surface area (Å²) in [6, 6.07) is 7.50. The Labute approximate surface area is 149 Å². The van der Waals surface area contributed by atoms with Crippen LogP contribution >= 0.6 is 0 Å². The highest BCUT2D eigenvalue weighted by atomic mass is 16.6. The Morgan fingerprint density at radius 2 is 1.77 bits per heavy atom. The third-order valence-corrected chi connectivity index (χ3v) is 4.92. The third kappa shape index (κ3) is 3.44. The summed E-state index contributed by atoms with van der Waals surface area (Å²) in [6.45, 7) is 0.704. The molecular formula is C17H20N4O5. The van der Waals surface area contributed by atoms with Crippen LogP contribution in [0.25, 0.3) is 5.69 Å². The molecule has 0 aliphatic carbocycles. The quantitative estimate of drug-likeness (QED) is 0.606. The average Bonchev–Trinajstić information content (AvgIpc) is 3.18. The lowest BCUT2D eigenvalue weighted by atomic mass is 9.80. The number of aliphatic hydroxyl groups excluding tert-OH is 2. The van der Waals surface area contributed by atoms with E-state index < -0.39 is 10.3 Å². The fourth-order valence-electron chi connectivity index (χ4n) is 3.02. The first-order valence-corrected chi connectivity index (χ1v) is 8.29. The first-order valence-electron chi connectivity index (χ1n) is 8.29. The van der Waals surface area contributed by atoms with E-state index in [1.54, 1.807) is 29.3 Å². The van der Waals surface area contributed by atoms with Gasteiger partial charge >= 0.3 is 0 Å². The normalized spacial score (nSPS) is 16.5. The highest BCUT2D eigenvalue weighted by Crippen LogP contribution is 2.30. The molecule has 0 bridgehead atoms. The fourth-order valence-corrected chi connectivity index (χ4v) is 3.02. The van der Waals surface area contributed by atoms with Crippen molar-refractivity contribution >= 4 is 11.6 Å². The molecule has 1 saturated heterocycles. The molecule has 0 radical (unpaired) electrons. The van der Waals surface area contributed by atoms with E-state index in [1.165, 1.54) is 16.8 Å². The van der Waals surface area contributed by atoms with E-state index in [1.807, 2.05) is 0 Å². The molecule has 1 aromatic carbocycles. The third-order valence-electron chi connectivity index (χ3n) is 4.92. The molecule has 0 unspecified atom stereocenters. The van der Waals surface area contributed by atoms with Gasteiger partial charge in [-0.25, -0.2) is 4.68 Å². The Morgan fingerprint density at radius 1 is 1.15 bits per heavy atom. The second-order valence-electron chi connectivity index (χ2n) is 6.53. The number of aromatic nitrogens is 2. The lowest BCUT2D eigenvalue weighted by Crippen LogP contribution is -2.46. The zero-order valence-corrected chi connectivity index (χ0v) is 14.1. The molecule has 9 nitrogen and oxygen atoms in total. The number of nitrogens with zero attached hydrogens (tertiary/aromatic N) is 4. The van der Waals surface area contributed by atoms with E-state index in [2.05, 4.69) is 5.10 Å². The Kier molecular flexibility index (Phi) is 5.01. The second kappa shape index (κ2) is 7.22. The van der Waals surface area contributed by atoms with Crippen molar-refractivity contribution in [1.29, 1.82) is 0 Å². The number of likely N-dealkylation sites (tertiary alicyclic amines) is 1. The predicted octanol–water partition coefficient (Wildman–Crippen LogP) is 0.987. The van der Waals surface area contributed by atoms with Crippen LogP contribution in [0.15, 0.2) is 36.5 Å². The van der Waals surface area contributed by atoms with E-state index in [9.17, 15) is 25.1 Å². The minimum atomic E-state index is -0.519. The molecule has 0 saturated carbocycles. The van der Waals surface area contributed by atoms with Crippen LogP contribution < -0.4 is 0 Å². The molecule has 26 heavy (non-hydrogen) atoms. The molecule has 2 N–H and O–H groups in total. The van der Waals surface area contributed by atoms with Gasteiger partial charge in [0.05, 0.1) is 23.8 Å². The molecule has 1 fully saturated rings. The lowest BCUT2D eigenvalue weighted by molar-refractivity contribution is -0.384. The van der Waals surface area contributed by atoms with Gasteiger partial charge in [0.2, 0.25) is 0 Å². The fraction of sp³-hybridized carbons (Fsp3) is 0.412. The largest absolute Gasteiger partial charge is 0.396 e. The number of hydrogen-bond donors (Lipinski definition) is 2. The van der Waals surface area contributed by atoms with Crippen LogP contribution in [-0.2, 0) is 0 Å². The van der Waals surface area contributed by atoms with Crippen LogP contribution in [0.4, 0.5) is 5.69 Å². The van der Waals surface area contributed by atoms with Gasteiger partial charge in [0.25, 0.3) is 11.6 Å². The van der Waals surface area contributed by atoms with Gasteiger partial charge in [0.15, 0.2) is 5.69 Å². The van der Waals surface area contributed by atoms with E-state index in [4.69, 9.17) is 0 Å².